The Morgan fingerprint density at radius 2 is 1.92 bits per heavy atom. The van der Waals surface area contributed by atoms with Crippen LogP contribution in [-0.2, 0) is 0 Å². The summed E-state index contributed by atoms with van der Waals surface area (Å²) < 4.78 is 0. The summed E-state index contributed by atoms with van der Waals surface area (Å²) in [5.41, 5.74) is 0. The largest absolute Gasteiger partial charge is 0.389 e. The SMILES string of the molecule is CCC[C@@H]1NC[C@H](O)[C@@H](O)C1O. The summed E-state index contributed by atoms with van der Waals surface area (Å²) in [6, 6.07) is -0.0756. The number of piperidine rings is 1. The molecule has 1 heterocycles. The highest BCUT2D eigenvalue weighted by Gasteiger charge is 2.35. The molecule has 4 heteroatoms. The van der Waals surface area contributed by atoms with Gasteiger partial charge in [-0.3, -0.25) is 0 Å². The van der Waals surface area contributed by atoms with E-state index in [1.54, 1.807) is 0 Å². The normalized spacial score (nSPS) is 43.0. The van der Waals surface area contributed by atoms with Crippen molar-refractivity contribution in [1.29, 1.82) is 0 Å². The van der Waals surface area contributed by atoms with Crippen LogP contribution in [0.2, 0.25) is 0 Å². The Kier molecular flexibility index (Phi) is 3.46. The van der Waals surface area contributed by atoms with Crippen LogP contribution in [0.1, 0.15) is 19.8 Å². The van der Waals surface area contributed by atoms with E-state index >= 15 is 0 Å². The van der Waals surface area contributed by atoms with E-state index in [1.165, 1.54) is 0 Å². The Bertz CT molecular complexity index is 142. The Morgan fingerprint density at radius 3 is 2.50 bits per heavy atom. The summed E-state index contributed by atoms with van der Waals surface area (Å²) in [5, 5.41) is 30.9. The third kappa shape index (κ3) is 1.95. The van der Waals surface area contributed by atoms with Crippen LogP contribution in [0.25, 0.3) is 0 Å². The fraction of sp³-hybridized carbons (Fsp3) is 1.00. The van der Waals surface area contributed by atoms with Crippen molar-refractivity contribution < 1.29 is 15.3 Å². The van der Waals surface area contributed by atoms with Crippen molar-refractivity contribution >= 4 is 0 Å². The first-order valence-electron chi connectivity index (χ1n) is 4.44. The monoisotopic (exact) mass is 175 g/mol. The molecule has 0 spiro atoms. The lowest BCUT2D eigenvalue weighted by atomic mass is 9.93. The molecule has 0 saturated carbocycles. The summed E-state index contributed by atoms with van der Waals surface area (Å²) >= 11 is 0. The van der Waals surface area contributed by atoms with Gasteiger partial charge >= 0.3 is 0 Å². The van der Waals surface area contributed by atoms with Crippen molar-refractivity contribution in [3.05, 3.63) is 0 Å². The number of aliphatic hydroxyl groups excluding tert-OH is 3. The Morgan fingerprint density at radius 1 is 1.25 bits per heavy atom. The standard InChI is InChI=1S/C8H17NO3/c1-2-3-5-7(11)8(12)6(10)4-9-5/h5-12H,2-4H2,1H3/t5-,6-,7?,8+/m0/s1. The van der Waals surface area contributed by atoms with Crippen molar-refractivity contribution in [1.82, 2.24) is 5.32 Å². The maximum absolute atomic E-state index is 9.47. The van der Waals surface area contributed by atoms with E-state index in [0.29, 0.717) is 6.54 Å². The van der Waals surface area contributed by atoms with Crippen molar-refractivity contribution in [2.24, 2.45) is 0 Å². The zero-order chi connectivity index (χ0) is 9.14. The zero-order valence-electron chi connectivity index (χ0n) is 7.27. The Labute approximate surface area is 72.2 Å². The molecular weight excluding hydrogens is 158 g/mol. The van der Waals surface area contributed by atoms with Gasteiger partial charge in [-0.2, -0.15) is 0 Å². The van der Waals surface area contributed by atoms with Gasteiger partial charge in [-0.15, -0.1) is 0 Å². The van der Waals surface area contributed by atoms with Crippen LogP contribution in [0.15, 0.2) is 0 Å². The minimum absolute atomic E-state index is 0.0756. The molecule has 0 aliphatic carbocycles. The van der Waals surface area contributed by atoms with Crippen molar-refractivity contribution in [3.8, 4) is 0 Å². The van der Waals surface area contributed by atoms with E-state index < -0.39 is 18.3 Å². The molecule has 1 rings (SSSR count). The molecule has 0 radical (unpaired) electrons. The topological polar surface area (TPSA) is 72.7 Å². The van der Waals surface area contributed by atoms with Gasteiger partial charge in [-0.1, -0.05) is 13.3 Å². The van der Waals surface area contributed by atoms with Crippen LogP contribution in [0.4, 0.5) is 0 Å². The number of nitrogens with one attached hydrogen (secondary N) is 1. The lowest BCUT2D eigenvalue weighted by molar-refractivity contribution is -0.0950. The first kappa shape index (κ1) is 9.92. The molecule has 0 aromatic heterocycles. The molecule has 1 fully saturated rings. The average Bonchev–Trinajstić information content (AvgIpc) is 2.07. The highest BCUT2D eigenvalue weighted by molar-refractivity contribution is 4.91. The third-order valence-electron chi connectivity index (χ3n) is 2.35. The summed E-state index contributed by atoms with van der Waals surface area (Å²) in [6.07, 6.45) is -0.896. The summed E-state index contributed by atoms with van der Waals surface area (Å²) in [6.45, 7) is 2.38. The van der Waals surface area contributed by atoms with E-state index in [0.717, 1.165) is 12.8 Å². The van der Waals surface area contributed by atoms with Gasteiger partial charge in [0, 0.05) is 12.6 Å². The van der Waals surface area contributed by atoms with Gasteiger partial charge in [-0.25, -0.2) is 0 Å². The van der Waals surface area contributed by atoms with E-state index in [4.69, 9.17) is 5.11 Å². The lowest BCUT2D eigenvalue weighted by Crippen LogP contribution is -2.59. The van der Waals surface area contributed by atoms with Gasteiger partial charge in [0.05, 0.1) is 12.2 Å². The Hall–Kier alpha value is -0.160. The molecule has 1 aliphatic rings. The molecule has 72 valence electrons. The van der Waals surface area contributed by atoms with Gasteiger partial charge in [0.25, 0.3) is 0 Å². The average molecular weight is 175 g/mol. The molecule has 0 bridgehead atoms. The molecule has 4 N–H and O–H groups in total. The fourth-order valence-corrected chi connectivity index (χ4v) is 1.56. The summed E-state index contributed by atoms with van der Waals surface area (Å²) in [5.74, 6) is 0. The lowest BCUT2D eigenvalue weighted by Gasteiger charge is -2.36. The summed E-state index contributed by atoms with van der Waals surface area (Å²) in [4.78, 5) is 0. The molecule has 0 aromatic rings. The second-order valence-corrected chi connectivity index (χ2v) is 3.35. The molecule has 4 nitrogen and oxygen atoms in total. The van der Waals surface area contributed by atoms with Crippen molar-refractivity contribution in [2.75, 3.05) is 6.54 Å². The molecule has 12 heavy (non-hydrogen) atoms. The second kappa shape index (κ2) is 4.18. The van der Waals surface area contributed by atoms with E-state index in [1.807, 2.05) is 6.92 Å². The predicted octanol–water partition coefficient (Wildman–Crippen LogP) is -1.16. The van der Waals surface area contributed by atoms with Gasteiger partial charge in [0.1, 0.15) is 6.10 Å². The molecule has 1 aliphatic heterocycles. The molecule has 0 aromatic carbocycles. The smallest absolute Gasteiger partial charge is 0.108 e. The minimum Gasteiger partial charge on any atom is -0.389 e. The quantitative estimate of drug-likeness (QED) is 0.427. The number of hydrogen-bond acceptors (Lipinski definition) is 4. The van der Waals surface area contributed by atoms with Gasteiger partial charge in [0.2, 0.25) is 0 Å². The van der Waals surface area contributed by atoms with Gasteiger partial charge in [-0.05, 0) is 6.42 Å². The maximum Gasteiger partial charge on any atom is 0.108 e. The number of rotatable bonds is 2. The zero-order valence-corrected chi connectivity index (χ0v) is 7.27. The van der Waals surface area contributed by atoms with Crippen LogP contribution in [0, 0.1) is 0 Å². The predicted molar refractivity (Wildman–Crippen MR) is 44.7 cm³/mol. The highest BCUT2D eigenvalue weighted by Crippen LogP contribution is 2.13. The molecule has 1 unspecified atom stereocenters. The first-order chi connectivity index (χ1) is 5.66. The fourth-order valence-electron chi connectivity index (χ4n) is 1.56. The van der Waals surface area contributed by atoms with E-state index in [9.17, 15) is 10.2 Å². The van der Waals surface area contributed by atoms with Crippen LogP contribution < -0.4 is 5.32 Å². The number of β-amino-alcohol motifs (C(OH)–C–C–N with tert-alkyl or cyclic N) is 1. The third-order valence-corrected chi connectivity index (χ3v) is 2.35. The van der Waals surface area contributed by atoms with Gasteiger partial charge in [0.15, 0.2) is 0 Å². The summed E-state index contributed by atoms with van der Waals surface area (Å²) in [7, 11) is 0. The molecular formula is C8H17NO3. The number of hydrogen-bond donors (Lipinski definition) is 4. The van der Waals surface area contributed by atoms with Crippen molar-refractivity contribution in [2.45, 2.75) is 44.1 Å². The van der Waals surface area contributed by atoms with E-state index in [-0.39, 0.29) is 6.04 Å². The maximum atomic E-state index is 9.47. The van der Waals surface area contributed by atoms with Crippen LogP contribution in [0.5, 0.6) is 0 Å². The first-order valence-corrected chi connectivity index (χ1v) is 4.44. The van der Waals surface area contributed by atoms with Crippen LogP contribution in [0.3, 0.4) is 0 Å². The number of aliphatic hydroxyl groups is 3. The molecule has 0 amide bonds. The highest BCUT2D eigenvalue weighted by atomic mass is 16.4. The second-order valence-electron chi connectivity index (χ2n) is 3.35. The Balaban J connectivity index is 2.46. The molecule has 4 atom stereocenters. The molecule has 1 saturated heterocycles. The van der Waals surface area contributed by atoms with E-state index in [2.05, 4.69) is 5.32 Å². The van der Waals surface area contributed by atoms with Crippen LogP contribution in [-0.4, -0.2) is 46.2 Å². The van der Waals surface area contributed by atoms with Gasteiger partial charge < -0.3 is 20.6 Å². The minimum atomic E-state index is -0.997. The van der Waals surface area contributed by atoms with Crippen molar-refractivity contribution in [3.63, 3.8) is 0 Å². The van der Waals surface area contributed by atoms with Crippen LogP contribution >= 0.6 is 0 Å².